The molecular formula is C13H42P5+. The van der Waals surface area contributed by atoms with E-state index in [2.05, 4.69) is 27.4 Å². The second kappa shape index (κ2) is 21.4. The fourth-order valence-corrected chi connectivity index (χ4v) is 5.86. The van der Waals surface area contributed by atoms with E-state index in [1.54, 1.807) is 18.5 Å². The summed E-state index contributed by atoms with van der Waals surface area (Å²) in [6.45, 7) is 9.59. The van der Waals surface area contributed by atoms with Crippen molar-refractivity contribution in [1.29, 1.82) is 0 Å². The Morgan fingerprint density at radius 1 is 0.556 bits per heavy atom. The van der Waals surface area contributed by atoms with Gasteiger partial charge in [0.2, 0.25) is 0 Å². The van der Waals surface area contributed by atoms with Crippen molar-refractivity contribution in [3.63, 3.8) is 0 Å². The summed E-state index contributed by atoms with van der Waals surface area (Å²) >= 11 is 0. The van der Waals surface area contributed by atoms with Crippen LogP contribution in [0.25, 0.3) is 0 Å². The third-order valence-electron chi connectivity index (χ3n) is 3.15. The summed E-state index contributed by atoms with van der Waals surface area (Å²) in [7, 11) is -0.519. The van der Waals surface area contributed by atoms with E-state index >= 15 is 0 Å². The molecule has 0 bridgehead atoms. The minimum atomic E-state index is -0.519. The van der Waals surface area contributed by atoms with Crippen LogP contribution in [0.5, 0.6) is 0 Å². The molecule has 0 fully saturated rings. The van der Waals surface area contributed by atoms with Crippen LogP contribution in [0.1, 0.15) is 59.3 Å². The van der Waals surface area contributed by atoms with E-state index in [-0.39, 0.29) is 39.6 Å². The first-order valence-electron chi connectivity index (χ1n) is 6.52. The Hall–Kier alpha value is 2.15. The van der Waals surface area contributed by atoms with E-state index in [0.717, 1.165) is 0 Å². The number of hydrogen-bond acceptors (Lipinski definition) is 0. The van der Waals surface area contributed by atoms with Crippen molar-refractivity contribution in [2.45, 2.75) is 59.3 Å². The first-order valence-corrected chi connectivity index (χ1v) is 9.31. The van der Waals surface area contributed by atoms with E-state index in [9.17, 15) is 0 Å². The van der Waals surface area contributed by atoms with Crippen molar-refractivity contribution >= 4 is 46.9 Å². The molecule has 4 unspecified atom stereocenters. The molecule has 0 rings (SSSR count). The van der Waals surface area contributed by atoms with Crippen LogP contribution >= 0.6 is 46.9 Å². The smallest absolute Gasteiger partial charge is 0.0591 e. The van der Waals surface area contributed by atoms with Gasteiger partial charge in [0.1, 0.15) is 0 Å². The van der Waals surface area contributed by atoms with Crippen molar-refractivity contribution in [2.24, 2.45) is 0 Å². The number of hydrogen-bond donors (Lipinski definition) is 0. The van der Waals surface area contributed by atoms with Crippen LogP contribution < -0.4 is 0 Å². The lowest BCUT2D eigenvalue weighted by molar-refractivity contribution is 0.838. The summed E-state index contributed by atoms with van der Waals surface area (Å²) < 4.78 is 0. The molecule has 0 amide bonds. The molecule has 0 saturated heterocycles. The van der Waals surface area contributed by atoms with Gasteiger partial charge in [-0.1, -0.05) is 40.0 Å². The SMILES string of the molecule is CCCC[P+](C)(CCCC)CCCC.P.P.P.P. The highest BCUT2D eigenvalue weighted by atomic mass is 31.2. The lowest BCUT2D eigenvalue weighted by atomic mass is 10.4. The minimum Gasteiger partial charge on any atom is -0.153 e. The van der Waals surface area contributed by atoms with Gasteiger partial charge in [-0.05, 0) is 19.3 Å². The first-order chi connectivity index (χ1) is 6.68. The molecule has 0 aliphatic rings. The van der Waals surface area contributed by atoms with Crippen molar-refractivity contribution in [2.75, 3.05) is 25.2 Å². The van der Waals surface area contributed by atoms with Crippen LogP contribution in [0.2, 0.25) is 0 Å². The Morgan fingerprint density at radius 3 is 0.944 bits per heavy atom. The highest BCUT2D eigenvalue weighted by Gasteiger charge is 2.28. The van der Waals surface area contributed by atoms with Crippen molar-refractivity contribution < 1.29 is 0 Å². The average molecular weight is 353 g/mol. The zero-order chi connectivity index (χ0) is 10.9. The normalized spacial score (nSPS) is 9.33. The van der Waals surface area contributed by atoms with Gasteiger partial charge in [-0.3, -0.25) is 0 Å². The van der Waals surface area contributed by atoms with Crippen LogP contribution in [0, 0.1) is 0 Å². The summed E-state index contributed by atoms with van der Waals surface area (Å²) in [4.78, 5) is 0. The fraction of sp³-hybridized carbons (Fsp3) is 1.00. The Morgan fingerprint density at radius 2 is 0.778 bits per heavy atom. The molecular weight excluding hydrogens is 311 g/mol. The summed E-state index contributed by atoms with van der Waals surface area (Å²) in [6.07, 6.45) is 13.2. The highest BCUT2D eigenvalue weighted by Crippen LogP contribution is 2.57. The topological polar surface area (TPSA) is 0 Å². The Labute approximate surface area is 131 Å². The number of unbranched alkanes of at least 4 members (excludes halogenated alkanes) is 3. The minimum absolute atomic E-state index is 0. The van der Waals surface area contributed by atoms with E-state index < -0.39 is 7.26 Å². The highest BCUT2D eigenvalue weighted by molar-refractivity contribution is 7.75. The van der Waals surface area contributed by atoms with Gasteiger partial charge in [0.05, 0.1) is 18.5 Å². The molecule has 0 saturated carbocycles. The monoisotopic (exact) mass is 353 g/mol. The molecule has 4 atom stereocenters. The zero-order valence-corrected chi connectivity index (χ0v) is 20.2. The van der Waals surface area contributed by atoms with Crippen molar-refractivity contribution in [1.82, 2.24) is 0 Å². The fourth-order valence-electron chi connectivity index (χ4n) is 1.95. The molecule has 118 valence electrons. The second-order valence-electron chi connectivity index (χ2n) is 4.85. The third kappa shape index (κ3) is 18.1. The quantitative estimate of drug-likeness (QED) is 0.496. The van der Waals surface area contributed by atoms with Gasteiger partial charge < -0.3 is 0 Å². The predicted octanol–water partition coefficient (Wildman–Crippen LogP) is 5.27. The second-order valence-corrected chi connectivity index (χ2v) is 9.43. The summed E-state index contributed by atoms with van der Waals surface area (Å²) in [6, 6.07) is 0. The number of rotatable bonds is 9. The van der Waals surface area contributed by atoms with Gasteiger partial charge in [-0.2, -0.15) is 39.6 Å². The molecule has 0 heterocycles. The van der Waals surface area contributed by atoms with Gasteiger partial charge >= 0.3 is 0 Å². The van der Waals surface area contributed by atoms with Crippen LogP contribution in [-0.2, 0) is 0 Å². The van der Waals surface area contributed by atoms with Gasteiger partial charge in [0, 0.05) is 13.9 Å². The molecule has 0 N–H and O–H groups in total. The third-order valence-corrected chi connectivity index (χ3v) is 7.34. The van der Waals surface area contributed by atoms with E-state index in [0.29, 0.717) is 0 Å². The predicted molar refractivity (Wildman–Crippen MR) is 117 cm³/mol. The lowest BCUT2D eigenvalue weighted by Crippen LogP contribution is -2.07. The van der Waals surface area contributed by atoms with Crippen molar-refractivity contribution in [3.05, 3.63) is 0 Å². The Balaban J connectivity index is -0.000000141. The maximum Gasteiger partial charge on any atom is 0.0591 e. The van der Waals surface area contributed by atoms with E-state index in [1.807, 2.05) is 0 Å². The molecule has 5 heteroatoms. The van der Waals surface area contributed by atoms with Crippen LogP contribution in [0.3, 0.4) is 0 Å². The van der Waals surface area contributed by atoms with Gasteiger partial charge in [0.25, 0.3) is 0 Å². The van der Waals surface area contributed by atoms with E-state index in [1.165, 1.54) is 38.5 Å². The maximum absolute atomic E-state index is 2.62. The van der Waals surface area contributed by atoms with Gasteiger partial charge in [-0.15, -0.1) is 0 Å². The molecule has 0 aromatic rings. The average Bonchev–Trinajstić information content (AvgIpc) is 2.21. The lowest BCUT2D eigenvalue weighted by Gasteiger charge is -2.22. The largest absolute Gasteiger partial charge is 0.153 e. The van der Waals surface area contributed by atoms with Crippen LogP contribution in [-0.4, -0.2) is 25.2 Å². The Kier molecular flexibility index (Phi) is 38.4. The molecule has 0 radical (unpaired) electrons. The van der Waals surface area contributed by atoms with Gasteiger partial charge in [0.15, 0.2) is 0 Å². The molecule has 0 aromatic heterocycles. The summed E-state index contributed by atoms with van der Waals surface area (Å²) in [5, 5.41) is 0. The molecule has 0 aliphatic carbocycles. The summed E-state index contributed by atoms with van der Waals surface area (Å²) in [5.74, 6) is 0. The first kappa shape index (κ1) is 32.2. The zero-order valence-electron chi connectivity index (χ0n) is 13.6. The van der Waals surface area contributed by atoms with Gasteiger partial charge in [-0.25, -0.2) is 0 Å². The van der Waals surface area contributed by atoms with Crippen LogP contribution in [0.15, 0.2) is 0 Å². The molecule has 0 spiro atoms. The van der Waals surface area contributed by atoms with E-state index in [4.69, 9.17) is 0 Å². The standard InChI is InChI=1S/C13H30P.4H3P/c1-5-8-11-14(4,12-9-6-2)13-10-7-3;;;;/h5-13H2,1-4H3;4*1H3/q+1;;;;. The van der Waals surface area contributed by atoms with Crippen LogP contribution in [0.4, 0.5) is 0 Å². The maximum atomic E-state index is 2.62. The Bertz CT molecular complexity index is 109. The summed E-state index contributed by atoms with van der Waals surface area (Å²) in [5.41, 5.74) is 0. The molecule has 18 heavy (non-hydrogen) atoms. The molecule has 0 nitrogen and oxygen atoms in total. The molecule has 0 aromatic carbocycles. The molecule has 0 aliphatic heterocycles. The van der Waals surface area contributed by atoms with Crippen molar-refractivity contribution in [3.8, 4) is 0 Å².